The number of pyridine rings is 1. The molecule has 0 bridgehead atoms. The number of fused-ring (bicyclic) bond motifs is 2. The predicted octanol–water partition coefficient (Wildman–Crippen LogP) is 3.88. The fourth-order valence-electron chi connectivity index (χ4n) is 2.92. The highest BCUT2D eigenvalue weighted by atomic mass is 35.5. The first-order valence-corrected chi connectivity index (χ1v) is 8.17. The fraction of sp³-hybridized carbons (Fsp3) is 0.0556. The Kier molecular flexibility index (Phi) is 3.72. The fourth-order valence-corrected chi connectivity index (χ4v) is 3.46. The van der Waals surface area contributed by atoms with Crippen LogP contribution < -0.4 is 5.56 Å². The van der Waals surface area contributed by atoms with Crippen molar-refractivity contribution in [2.24, 2.45) is 0 Å². The van der Waals surface area contributed by atoms with Gasteiger partial charge in [-0.3, -0.25) is 9.36 Å². The smallest absolute Gasteiger partial charge is 0.261 e. The molecule has 7 heteroatoms. The highest BCUT2D eigenvalue weighted by Crippen LogP contribution is 2.24. The Bertz CT molecular complexity index is 1230. The zero-order chi connectivity index (χ0) is 17.6. The van der Waals surface area contributed by atoms with Crippen LogP contribution in [0.4, 0.5) is 0 Å². The van der Waals surface area contributed by atoms with Crippen molar-refractivity contribution in [3.63, 3.8) is 0 Å². The van der Waals surface area contributed by atoms with Crippen molar-refractivity contribution in [1.29, 1.82) is 5.26 Å². The molecule has 25 heavy (non-hydrogen) atoms. The molecule has 0 saturated heterocycles. The van der Waals surface area contributed by atoms with Crippen LogP contribution in [0, 0.1) is 11.3 Å². The number of benzene rings is 1. The van der Waals surface area contributed by atoms with E-state index in [1.54, 1.807) is 12.1 Å². The van der Waals surface area contributed by atoms with E-state index in [4.69, 9.17) is 23.2 Å². The SMILES string of the molecule is N#Cc1c(Cn2cnc3c(Cl)cc(Cl)cc3c2=O)cn2ccccc12. The molecular formula is C18H10Cl2N4O. The maximum absolute atomic E-state index is 12.8. The number of nitrogens with zero attached hydrogens (tertiary/aromatic N) is 4. The van der Waals surface area contributed by atoms with Crippen LogP contribution in [0.15, 0.2) is 53.8 Å². The highest BCUT2D eigenvalue weighted by molar-refractivity contribution is 6.38. The molecule has 0 N–H and O–H groups in total. The van der Waals surface area contributed by atoms with Crippen molar-refractivity contribution in [2.75, 3.05) is 0 Å². The van der Waals surface area contributed by atoms with Crippen LogP contribution >= 0.6 is 23.2 Å². The van der Waals surface area contributed by atoms with E-state index >= 15 is 0 Å². The summed E-state index contributed by atoms with van der Waals surface area (Å²) in [6.45, 7) is 0.233. The van der Waals surface area contributed by atoms with Crippen LogP contribution in [-0.4, -0.2) is 14.0 Å². The summed E-state index contributed by atoms with van der Waals surface area (Å²) in [5.41, 5.74) is 2.23. The van der Waals surface area contributed by atoms with Crippen molar-refractivity contribution in [2.45, 2.75) is 6.54 Å². The molecule has 3 aromatic heterocycles. The molecule has 0 atom stereocenters. The Balaban J connectivity index is 1.89. The number of rotatable bonds is 2. The summed E-state index contributed by atoms with van der Waals surface area (Å²) in [5, 5.41) is 10.6. The molecule has 5 nitrogen and oxygen atoms in total. The average Bonchev–Trinajstić information content (AvgIpc) is 2.94. The van der Waals surface area contributed by atoms with Crippen molar-refractivity contribution < 1.29 is 0 Å². The lowest BCUT2D eigenvalue weighted by atomic mass is 10.1. The third-order valence-corrected chi connectivity index (χ3v) is 4.57. The summed E-state index contributed by atoms with van der Waals surface area (Å²) in [6.07, 6.45) is 5.14. The molecule has 4 aromatic rings. The molecule has 0 radical (unpaired) electrons. The maximum atomic E-state index is 12.8. The molecule has 122 valence electrons. The van der Waals surface area contributed by atoms with Gasteiger partial charge in [0.15, 0.2) is 0 Å². The number of halogens is 2. The van der Waals surface area contributed by atoms with Crippen LogP contribution in [-0.2, 0) is 6.54 Å². The summed E-state index contributed by atoms with van der Waals surface area (Å²) < 4.78 is 3.31. The van der Waals surface area contributed by atoms with E-state index in [2.05, 4.69) is 11.1 Å². The van der Waals surface area contributed by atoms with Gasteiger partial charge < -0.3 is 4.40 Å². The Hall–Kier alpha value is -2.81. The van der Waals surface area contributed by atoms with Gasteiger partial charge in [-0.05, 0) is 24.3 Å². The summed E-state index contributed by atoms with van der Waals surface area (Å²) in [7, 11) is 0. The lowest BCUT2D eigenvalue weighted by Gasteiger charge is -2.07. The van der Waals surface area contributed by atoms with Gasteiger partial charge in [0.05, 0.1) is 39.9 Å². The third-order valence-electron chi connectivity index (χ3n) is 4.06. The second-order valence-electron chi connectivity index (χ2n) is 5.60. The lowest BCUT2D eigenvalue weighted by molar-refractivity contribution is 0.747. The molecule has 4 rings (SSSR count). The van der Waals surface area contributed by atoms with Crippen LogP contribution in [0.2, 0.25) is 10.0 Å². The molecule has 0 fully saturated rings. The number of hydrogen-bond acceptors (Lipinski definition) is 3. The summed E-state index contributed by atoms with van der Waals surface area (Å²) >= 11 is 12.1. The van der Waals surface area contributed by atoms with Crippen molar-refractivity contribution in [3.8, 4) is 6.07 Å². The van der Waals surface area contributed by atoms with Gasteiger partial charge in [-0.15, -0.1) is 0 Å². The third kappa shape index (κ3) is 2.56. The molecule has 0 unspecified atom stereocenters. The quantitative estimate of drug-likeness (QED) is 0.539. The van der Waals surface area contributed by atoms with Crippen LogP contribution in [0.1, 0.15) is 11.1 Å². The molecule has 0 saturated carbocycles. The molecule has 3 heterocycles. The molecule has 0 aliphatic heterocycles. The van der Waals surface area contributed by atoms with Crippen molar-refractivity contribution in [1.82, 2.24) is 14.0 Å². The van der Waals surface area contributed by atoms with Gasteiger partial charge in [0.25, 0.3) is 5.56 Å². The van der Waals surface area contributed by atoms with Gasteiger partial charge in [-0.1, -0.05) is 29.3 Å². The molecule has 0 amide bonds. The second-order valence-corrected chi connectivity index (χ2v) is 6.44. The molecule has 0 aliphatic rings. The van der Waals surface area contributed by atoms with Crippen LogP contribution in [0.25, 0.3) is 16.4 Å². The monoisotopic (exact) mass is 368 g/mol. The minimum Gasteiger partial charge on any atom is -0.322 e. The minimum absolute atomic E-state index is 0.233. The largest absolute Gasteiger partial charge is 0.322 e. The van der Waals surface area contributed by atoms with E-state index in [9.17, 15) is 10.1 Å². The summed E-state index contributed by atoms with van der Waals surface area (Å²) in [5.74, 6) is 0. The topological polar surface area (TPSA) is 63.1 Å². The first kappa shape index (κ1) is 15.7. The van der Waals surface area contributed by atoms with Crippen molar-refractivity contribution in [3.05, 3.63) is 80.6 Å². The number of nitriles is 1. The van der Waals surface area contributed by atoms with Crippen molar-refractivity contribution >= 4 is 39.6 Å². The van der Waals surface area contributed by atoms with Gasteiger partial charge in [0, 0.05) is 23.0 Å². The molecule has 0 aliphatic carbocycles. The van der Waals surface area contributed by atoms with E-state index in [1.807, 2.05) is 35.0 Å². The van der Waals surface area contributed by atoms with Gasteiger partial charge >= 0.3 is 0 Å². The Morgan fingerprint density at radius 2 is 2.08 bits per heavy atom. The normalized spacial score (nSPS) is 11.1. The van der Waals surface area contributed by atoms with Crippen LogP contribution in [0.5, 0.6) is 0 Å². The molecule has 1 aromatic carbocycles. The Morgan fingerprint density at radius 1 is 1.24 bits per heavy atom. The first-order chi connectivity index (χ1) is 12.1. The van der Waals surface area contributed by atoms with E-state index in [0.717, 1.165) is 11.1 Å². The molecular weight excluding hydrogens is 359 g/mol. The Labute approximate surface area is 152 Å². The van der Waals surface area contributed by atoms with E-state index < -0.39 is 0 Å². The molecule has 0 spiro atoms. The minimum atomic E-state index is -0.256. The van der Waals surface area contributed by atoms with E-state index in [-0.39, 0.29) is 12.1 Å². The van der Waals surface area contributed by atoms with Gasteiger partial charge in [0.1, 0.15) is 6.07 Å². The van der Waals surface area contributed by atoms with Gasteiger partial charge in [-0.25, -0.2) is 4.98 Å². The van der Waals surface area contributed by atoms with E-state index in [0.29, 0.717) is 26.5 Å². The first-order valence-electron chi connectivity index (χ1n) is 7.41. The van der Waals surface area contributed by atoms with Gasteiger partial charge in [-0.2, -0.15) is 5.26 Å². The average molecular weight is 369 g/mol. The van der Waals surface area contributed by atoms with Gasteiger partial charge in [0.2, 0.25) is 0 Å². The maximum Gasteiger partial charge on any atom is 0.261 e. The second kappa shape index (κ2) is 5.92. The zero-order valence-corrected chi connectivity index (χ0v) is 14.3. The highest BCUT2D eigenvalue weighted by Gasteiger charge is 2.13. The zero-order valence-electron chi connectivity index (χ0n) is 12.8. The number of hydrogen-bond donors (Lipinski definition) is 0. The standard InChI is InChI=1S/C18H10Cl2N4O/c19-12-5-13-17(15(20)6-12)22-10-24(18(13)25)9-11-8-23-4-2-1-3-16(23)14(11)7-21/h1-6,8,10H,9H2. The van der Waals surface area contributed by atoms with Crippen LogP contribution in [0.3, 0.4) is 0 Å². The van der Waals surface area contributed by atoms with E-state index in [1.165, 1.54) is 10.9 Å². The lowest BCUT2D eigenvalue weighted by Crippen LogP contribution is -2.21. The number of aromatic nitrogens is 3. The predicted molar refractivity (Wildman–Crippen MR) is 97.2 cm³/mol. The Morgan fingerprint density at radius 3 is 2.88 bits per heavy atom. The summed E-state index contributed by atoms with van der Waals surface area (Å²) in [4.78, 5) is 17.0. The summed E-state index contributed by atoms with van der Waals surface area (Å²) in [6, 6.07) is 10.9.